The van der Waals surface area contributed by atoms with E-state index in [-0.39, 0.29) is 37.5 Å². The second-order valence-electron chi connectivity index (χ2n) is 13.4. The average Bonchev–Trinajstić information content (AvgIpc) is 3.25. The molecule has 57 heavy (non-hydrogen) atoms. The van der Waals surface area contributed by atoms with E-state index in [0.717, 1.165) is 10.9 Å². The number of pyridine rings is 1. The number of esters is 2. The highest BCUT2D eigenvalue weighted by atomic mass is 16.5. The smallest absolute Gasteiger partial charge is 0.339 e. The summed E-state index contributed by atoms with van der Waals surface area (Å²) in [5.41, 5.74) is 3.42. The summed E-state index contributed by atoms with van der Waals surface area (Å²) in [6.07, 6.45) is -1.35. The first-order chi connectivity index (χ1) is 27.9. The van der Waals surface area contributed by atoms with Gasteiger partial charge in [-0.15, -0.1) is 0 Å². The second kappa shape index (κ2) is 17.7. The van der Waals surface area contributed by atoms with Gasteiger partial charge in [-0.05, 0) is 66.6 Å². The number of carbonyl (C=O) groups excluding carboxylic acids is 4. The fourth-order valence-electron chi connectivity index (χ4n) is 7.08. The van der Waals surface area contributed by atoms with Gasteiger partial charge in [-0.2, -0.15) is 0 Å². The van der Waals surface area contributed by atoms with E-state index in [4.69, 9.17) is 14.2 Å². The van der Waals surface area contributed by atoms with Crippen molar-refractivity contribution in [2.24, 2.45) is 0 Å². The highest BCUT2D eigenvalue weighted by Gasteiger charge is 2.48. The van der Waals surface area contributed by atoms with Gasteiger partial charge in [0.15, 0.2) is 0 Å². The van der Waals surface area contributed by atoms with Crippen LogP contribution in [0, 0.1) is 0 Å². The van der Waals surface area contributed by atoms with Gasteiger partial charge in [0, 0.05) is 29.5 Å². The highest BCUT2D eigenvalue weighted by Crippen LogP contribution is 2.43. The number of aliphatic hydroxyl groups is 1. The van der Waals surface area contributed by atoms with Crippen molar-refractivity contribution >= 4 is 40.3 Å². The Morgan fingerprint density at radius 3 is 2.30 bits per heavy atom. The third-order valence-corrected chi connectivity index (χ3v) is 9.72. The number of aliphatic hydroxyl groups excluding tert-OH is 1. The molecule has 2 amide bonds. The Kier molecular flexibility index (Phi) is 12.0. The molecule has 1 aliphatic heterocycles. The zero-order chi connectivity index (χ0) is 39.7. The zero-order valence-corrected chi connectivity index (χ0v) is 31.2. The molecular formula is C46H41N3O8. The molecule has 1 aliphatic rings. The van der Waals surface area contributed by atoms with Gasteiger partial charge in [0.2, 0.25) is 0 Å². The van der Waals surface area contributed by atoms with Gasteiger partial charge in [0.25, 0.3) is 11.8 Å². The average molecular weight is 764 g/mol. The van der Waals surface area contributed by atoms with Gasteiger partial charge in [-0.1, -0.05) is 91.0 Å². The molecule has 0 unspecified atom stereocenters. The number of ether oxygens (including phenoxy) is 3. The molecule has 0 aliphatic carbocycles. The summed E-state index contributed by atoms with van der Waals surface area (Å²) >= 11 is 0. The van der Waals surface area contributed by atoms with Crippen LogP contribution in [0.1, 0.15) is 62.6 Å². The fraction of sp³-hybridized carbons (Fsp3) is 0.196. The van der Waals surface area contributed by atoms with Crippen molar-refractivity contribution in [3.63, 3.8) is 0 Å². The molecule has 1 aromatic heterocycles. The number of anilines is 1. The van der Waals surface area contributed by atoms with Crippen molar-refractivity contribution in [2.45, 2.75) is 38.0 Å². The number of amides is 2. The summed E-state index contributed by atoms with van der Waals surface area (Å²) in [6, 6.07) is 38.5. The molecular weight excluding hydrogens is 723 g/mol. The van der Waals surface area contributed by atoms with Crippen LogP contribution >= 0.6 is 0 Å². The Balaban J connectivity index is 1.40. The maximum atomic E-state index is 14.7. The van der Waals surface area contributed by atoms with Gasteiger partial charge in [-0.3, -0.25) is 14.4 Å². The van der Waals surface area contributed by atoms with Crippen molar-refractivity contribution in [1.82, 2.24) is 10.3 Å². The third kappa shape index (κ3) is 8.53. The van der Waals surface area contributed by atoms with E-state index in [9.17, 15) is 24.3 Å². The zero-order valence-electron chi connectivity index (χ0n) is 31.2. The molecule has 7 rings (SSSR count). The van der Waals surface area contributed by atoms with Crippen LogP contribution in [-0.4, -0.2) is 65.8 Å². The monoisotopic (exact) mass is 763 g/mol. The third-order valence-electron chi connectivity index (χ3n) is 9.72. The van der Waals surface area contributed by atoms with Crippen molar-refractivity contribution < 1.29 is 38.5 Å². The quantitative estimate of drug-likeness (QED) is 0.0912. The van der Waals surface area contributed by atoms with E-state index >= 15 is 0 Å². The van der Waals surface area contributed by atoms with E-state index in [1.807, 2.05) is 60.7 Å². The van der Waals surface area contributed by atoms with E-state index < -0.39 is 41.9 Å². The van der Waals surface area contributed by atoms with Gasteiger partial charge >= 0.3 is 11.9 Å². The maximum absolute atomic E-state index is 14.7. The molecule has 0 spiro atoms. The number of hydrogen-bond acceptors (Lipinski definition) is 9. The lowest BCUT2D eigenvalue weighted by Gasteiger charge is -2.45. The molecule has 2 heterocycles. The molecule has 5 aromatic carbocycles. The van der Waals surface area contributed by atoms with Crippen molar-refractivity contribution in [3.8, 4) is 16.9 Å². The number of nitrogens with zero attached hydrogens (tertiary/aromatic N) is 2. The van der Waals surface area contributed by atoms with Crippen LogP contribution in [0.15, 0.2) is 140 Å². The van der Waals surface area contributed by atoms with Crippen LogP contribution in [0.2, 0.25) is 0 Å². The summed E-state index contributed by atoms with van der Waals surface area (Å²) in [6.45, 7) is 1.86. The van der Waals surface area contributed by atoms with Gasteiger partial charge in [0.05, 0.1) is 48.5 Å². The standard InChI is InChI=1S/C46H41N3O8/c1-2-55-41(51)29-40-43(57-46(54)35-20-11-10-19-34(35)30-14-5-3-6-15-30)42(48-44(52)38-24-22-31-16-9-12-21-37(31)47-38)36-28-33(56-27-13-26-50)23-25-39(36)49(40)45(53)32-17-7-4-8-18-32/h3-12,14-25,28,40,42-43,50H,2,13,26-27,29H2,1H3,(H,48,52)/t40-,42-,43-/m0/s1. The summed E-state index contributed by atoms with van der Waals surface area (Å²) in [4.78, 5) is 63.2. The minimum absolute atomic E-state index is 0.0754. The molecule has 6 aromatic rings. The Labute approximate surface area is 329 Å². The second-order valence-corrected chi connectivity index (χ2v) is 13.4. The lowest BCUT2D eigenvalue weighted by Crippen LogP contribution is -2.58. The fourth-order valence-corrected chi connectivity index (χ4v) is 7.08. The van der Waals surface area contributed by atoms with Crippen LogP contribution in [0.4, 0.5) is 5.69 Å². The van der Waals surface area contributed by atoms with Crippen LogP contribution < -0.4 is 15.0 Å². The molecule has 3 atom stereocenters. The van der Waals surface area contributed by atoms with Gasteiger partial charge in [-0.25, -0.2) is 9.78 Å². The van der Waals surface area contributed by atoms with Crippen molar-refractivity contribution in [1.29, 1.82) is 0 Å². The van der Waals surface area contributed by atoms with E-state index in [0.29, 0.717) is 40.1 Å². The minimum Gasteiger partial charge on any atom is -0.493 e. The van der Waals surface area contributed by atoms with E-state index in [1.54, 1.807) is 85.8 Å². The van der Waals surface area contributed by atoms with Gasteiger partial charge < -0.3 is 29.5 Å². The largest absolute Gasteiger partial charge is 0.493 e. The molecule has 0 fully saturated rings. The first-order valence-corrected chi connectivity index (χ1v) is 18.8. The number of benzene rings is 5. The predicted octanol–water partition coefficient (Wildman–Crippen LogP) is 7.34. The number of fused-ring (bicyclic) bond motifs is 2. The molecule has 2 N–H and O–H groups in total. The first-order valence-electron chi connectivity index (χ1n) is 18.8. The highest BCUT2D eigenvalue weighted by molar-refractivity contribution is 6.08. The number of para-hydroxylation sites is 1. The molecule has 11 heteroatoms. The Bertz CT molecular complexity index is 2390. The van der Waals surface area contributed by atoms with Crippen molar-refractivity contribution in [2.75, 3.05) is 24.7 Å². The van der Waals surface area contributed by atoms with E-state index in [1.165, 1.54) is 4.90 Å². The number of hydrogen-bond donors (Lipinski definition) is 2. The lowest BCUT2D eigenvalue weighted by atomic mass is 9.85. The Morgan fingerprint density at radius 2 is 1.53 bits per heavy atom. The molecule has 288 valence electrons. The SMILES string of the molecule is CCOC(=O)C[C@H]1[C@H](OC(=O)c2ccccc2-c2ccccc2)[C@@H](NC(=O)c2ccc3ccccc3n2)c2cc(OCCCO)ccc2N1C(=O)c1ccccc1. The molecule has 0 bridgehead atoms. The molecule has 0 saturated heterocycles. The van der Waals surface area contributed by atoms with Crippen LogP contribution in [0.3, 0.4) is 0 Å². The minimum atomic E-state index is -1.34. The van der Waals surface area contributed by atoms with Crippen molar-refractivity contribution in [3.05, 3.63) is 162 Å². The predicted molar refractivity (Wildman–Crippen MR) is 215 cm³/mol. The lowest BCUT2D eigenvalue weighted by molar-refractivity contribution is -0.144. The number of aromatic nitrogens is 1. The topological polar surface area (TPSA) is 144 Å². The van der Waals surface area contributed by atoms with Crippen LogP contribution in [0.25, 0.3) is 22.0 Å². The summed E-state index contributed by atoms with van der Waals surface area (Å²) in [5.74, 6) is -2.02. The van der Waals surface area contributed by atoms with Gasteiger partial charge in [0.1, 0.15) is 17.5 Å². The first kappa shape index (κ1) is 38.4. The summed E-state index contributed by atoms with van der Waals surface area (Å²) in [7, 11) is 0. The summed E-state index contributed by atoms with van der Waals surface area (Å²) in [5, 5.41) is 13.4. The number of rotatable bonds is 13. The van der Waals surface area contributed by atoms with E-state index in [2.05, 4.69) is 10.3 Å². The Morgan fingerprint density at radius 1 is 0.807 bits per heavy atom. The Hall–Kier alpha value is -6.85. The summed E-state index contributed by atoms with van der Waals surface area (Å²) < 4.78 is 17.9. The molecule has 0 radical (unpaired) electrons. The van der Waals surface area contributed by atoms with Crippen LogP contribution in [0.5, 0.6) is 5.75 Å². The normalized spacial score (nSPS) is 16.0. The number of carbonyl (C=O) groups is 4. The molecule has 11 nitrogen and oxygen atoms in total. The van der Waals surface area contributed by atoms with Crippen LogP contribution in [-0.2, 0) is 14.3 Å². The molecule has 0 saturated carbocycles. The number of nitrogens with one attached hydrogen (secondary N) is 1. The maximum Gasteiger partial charge on any atom is 0.339 e.